The topological polar surface area (TPSA) is 40.5 Å². The Morgan fingerprint density at radius 1 is 1.19 bits per heavy atom. The van der Waals surface area contributed by atoms with E-state index in [-0.39, 0.29) is 5.92 Å². The monoisotopic (exact) mass is 297 g/mol. The van der Waals surface area contributed by atoms with Crippen LogP contribution in [-0.2, 0) is 11.3 Å². The fourth-order valence-corrected chi connectivity index (χ4v) is 3.16. The van der Waals surface area contributed by atoms with Crippen molar-refractivity contribution < 1.29 is 9.90 Å². The van der Waals surface area contributed by atoms with Crippen LogP contribution < -0.4 is 0 Å². The zero-order chi connectivity index (χ0) is 14.7. The number of hydrogen-bond donors (Lipinski definition) is 1. The lowest BCUT2D eigenvalue weighted by atomic mass is 10.0. The Morgan fingerprint density at radius 3 is 2.67 bits per heavy atom. The lowest BCUT2D eigenvalue weighted by molar-refractivity contribution is -0.147. The summed E-state index contributed by atoms with van der Waals surface area (Å²) in [6.45, 7) is 2.12. The third-order valence-electron chi connectivity index (χ3n) is 3.45. The summed E-state index contributed by atoms with van der Waals surface area (Å²) in [7, 11) is 0. The molecule has 2 aromatic rings. The fraction of sp³-hybridized carbons (Fsp3) is 0.235. The first-order chi connectivity index (χ1) is 10.2. The predicted molar refractivity (Wildman–Crippen MR) is 83.1 cm³/mol. The number of aliphatic carboxylic acids is 1. The molecule has 1 aromatic heterocycles. The Labute approximate surface area is 127 Å². The minimum absolute atomic E-state index is 0.192. The summed E-state index contributed by atoms with van der Waals surface area (Å²) in [6, 6.07) is 14.0. The van der Waals surface area contributed by atoms with Crippen LogP contribution in [-0.4, -0.2) is 29.1 Å². The van der Waals surface area contributed by atoms with Crippen LogP contribution in [0.3, 0.4) is 0 Å². The second-order valence-electron chi connectivity index (χ2n) is 5.11. The van der Waals surface area contributed by atoms with Gasteiger partial charge in [0.05, 0.1) is 10.8 Å². The van der Waals surface area contributed by atoms with Crippen molar-refractivity contribution in [2.75, 3.05) is 13.1 Å². The molecule has 1 N–H and O–H groups in total. The highest BCUT2D eigenvalue weighted by Gasteiger charge is 2.32. The van der Waals surface area contributed by atoms with Crippen LogP contribution in [0.15, 0.2) is 42.5 Å². The minimum atomic E-state index is -0.688. The predicted octanol–water partition coefficient (Wildman–Crippen LogP) is 2.66. The van der Waals surface area contributed by atoms with Gasteiger partial charge in [-0.25, -0.2) is 0 Å². The summed E-state index contributed by atoms with van der Waals surface area (Å²) in [5.41, 5.74) is 1.01. The van der Waals surface area contributed by atoms with Crippen LogP contribution in [0.25, 0.3) is 0 Å². The fourth-order valence-electron chi connectivity index (χ4n) is 2.26. The number of rotatable bonds is 3. The highest BCUT2D eigenvalue weighted by atomic mass is 32.1. The summed E-state index contributed by atoms with van der Waals surface area (Å²) in [5, 5.41) is 8.86. The molecule has 1 fully saturated rings. The first kappa shape index (κ1) is 13.9. The molecule has 0 spiro atoms. The SMILES string of the molecule is O=C(O)C1CN(Cc2ccc(C#Cc3ccccc3)s2)C1. The minimum Gasteiger partial charge on any atom is -0.481 e. The molecule has 0 aliphatic carbocycles. The molecule has 21 heavy (non-hydrogen) atoms. The normalized spacial score (nSPS) is 15.0. The van der Waals surface area contributed by atoms with Gasteiger partial charge in [-0.05, 0) is 24.3 Å². The second-order valence-corrected chi connectivity index (χ2v) is 6.28. The van der Waals surface area contributed by atoms with E-state index in [4.69, 9.17) is 5.11 Å². The molecular formula is C17H15NO2S. The van der Waals surface area contributed by atoms with Gasteiger partial charge in [0.2, 0.25) is 0 Å². The number of hydrogen-bond acceptors (Lipinski definition) is 3. The van der Waals surface area contributed by atoms with Crippen LogP contribution >= 0.6 is 11.3 Å². The maximum absolute atomic E-state index is 10.8. The number of benzene rings is 1. The first-order valence-corrected chi connectivity index (χ1v) is 7.63. The summed E-state index contributed by atoms with van der Waals surface area (Å²) in [4.78, 5) is 15.2. The zero-order valence-electron chi connectivity index (χ0n) is 11.5. The Bertz CT molecular complexity index is 690. The first-order valence-electron chi connectivity index (χ1n) is 6.81. The van der Waals surface area contributed by atoms with E-state index in [0.29, 0.717) is 13.1 Å². The van der Waals surface area contributed by atoms with Gasteiger partial charge < -0.3 is 5.11 Å². The smallest absolute Gasteiger partial charge is 0.309 e. The van der Waals surface area contributed by atoms with Crippen LogP contribution in [0.2, 0.25) is 0 Å². The summed E-state index contributed by atoms with van der Waals surface area (Å²) in [6.07, 6.45) is 0. The highest BCUT2D eigenvalue weighted by Crippen LogP contribution is 2.23. The average Bonchev–Trinajstić information content (AvgIpc) is 2.88. The lowest BCUT2D eigenvalue weighted by Crippen LogP contribution is -2.49. The van der Waals surface area contributed by atoms with Crippen LogP contribution in [0.4, 0.5) is 0 Å². The lowest BCUT2D eigenvalue weighted by Gasteiger charge is -2.36. The molecule has 3 rings (SSSR count). The van der Waals surface area contributed by atoms with Crippen LogP contribution in [0.1, 0.15) is 15.3 Å². The van der Waals surface area contributed by atoms with E-state index in [9.17, 15) is 4.79 Å². The Morgan fingerprint density at radius 2 is 1.95 bits per heavy atom. The Hall–Kier alpha value is -2.09. The van der Waals surface area contributed by atoms with Crippen molar-refractivity contribution in [2.45, 2.75) is 6.54 Å². The number of carboxylic acids is 1. The van der Waals surface area contributed by atoms with Crippen molar-refractivity contribution in [3.05, 3.63) is 57.8 Å². The largest absolute Gasteiger partial charge is 0.481 e. The molecule has 2 heterocycles. The molecule has 1 aliphatic rings. The molecule has 0 atom stereocenters. The Balaban J connectivity index is 1.58. The van der Waals surface area contributed by atoms with Gasteiger partial charge in [-0.2, -0.15) is 0 Å². The standard InChI is InChI=1S/C17H15NO2S/c19-17(20)14-10-18(11-14)12-16-9-8-15(21-16)7-6-13-4-2-1-3-5-13/h1-5,8-9,14H,10-12H2,(H,19,20). The zero-order valence-corrected chi connectivity index (χ0v) is 12.3. The summed E-state index contributed by atoms with van der Waals surface area (Å²) in [5.74, 6) is 5.44. The quantitative estimate of drug-likeness (QED) is 0.886. The van der Waals surface area contributed by atoms with Gasteiger partial charge in [0.1, 0.15) is 0 Å². The number of carboxylic acid groups (broad SMARTS) is 1. The molecule has 0 unspecified atom stereocenters. The van der Waals surface area contributed by atoms with Gasteiger partial charge in [-0.15, -0.1) is 11.3 Å². The van der Waals surface area contributed by atoms with Gasteiger partial charge in [0.15, 0.2) is 0 Å². The van der Waals surface area contributed by atoms with Gasteiger partial charge in [-0.1, -0.05) is 30.0 Å². The van der Waals surface area contributed by atoms with Gasteiger partial charge in [-0.3, -0.25) is 9.69 Å². The molecule has 3 nitrogen and oxygen atoms in total. The van der Waals surface area contributed by atoms with E-state index in [2.05, 4.69) is 22.8 Å². The number of likely N-dealkylation sites (tertiary alicyclic amines) is 1. The molecule has 106 valence electrons. The number of thiophene rings is 1. The van der Waals surface area contributed by atoms with Crippen molar-refractivity contribution in [1.29, 1.82) is 0 Å². The van der Waals surface area contributed by atoms with Gasteiger partial charge in [0, 0.05) is 30.1 Å². The molecule has 0 saturated carbocycles. The van der Waals surface area contributed by atoms with Crippen molar-refractivity contribution in [1.82, 2.24) is 4.90 Å². The van der Waals surface area contributed by atoms with Crippen molar-refractivity contribution in [2.24, 2.45) is 5.92 Å². The number of nitrogens with zero attached hydrogens (tertiary/aromatic N) is 1. The maximum Gasteiger partial charge on any atom is 0.309 e. The van der Waals surface area contributed by atoms with Crippen molar-refractivity contribution >= 4 is 17.3 Å². The summed E-state index contributed by atoms with van der Waals surface area (Å²) < 4.78 is 0. The molecule has 0 radical (unpaired) electrons. The second kappa shape index (κ2) is 6.13. The maximum atomic E-state index is 10.8. The van der Waals surface area contributed by atoms with Crippen molar-refractivity contribution in [3.8, 4) is 11.8 Å². The molecule has 0 amide bonds. The van der Waals surface area contributed by atoms with E-state index in [1.807, 2.05) is 36.4 Å². The number of carbonyl (C=O) groups is 1. The van der Waals surface area contributed by atoms with Gasteiger partial charge in [0.25, 0.3) is 0 Å². The molecular weight excluding hydrogens is 282 g/mol. The Kier molecular flexibility index (Phi) is 4.05. The van der Waals surface area contributed by atoms with E-state index in [0.717, 1.165) is 17.0 Å². The van der Waals surface area contributed by atoms with Gasteiger partial charge >= 0.3 is 5.97 Å². The molecule has 0 bridgehead atoms. The highest BCUT2D eigenvalue weighted by molar-refractivity contribution is 7.12. The third-order valence-corrected chi connectivity index (χ3v) is 4.44. The van der Waals surface area contributed by atoms with E-state index < -0.39 is 5.97 Å². The van der Waals surface area contributed by atoms with Crippen LogP contribution in [0.5, 0.6) is 0 Å². The van der Waals surface area contributed by atoms with Crippen LogP contribution in [0, 0.1) is 17.8 Å². The van der Waals surface area contributed by atoms with E-state index >= 15 is 0 Å². The molecule has 1 saturated heterocycles. The van der Waals surface area contributed by atoms with Crippen molar-refractivity contribution in [3.63, 3.8) is 0 Å². The van der Waals surface area contributed by atoms with E-state index in [1.54, 1.807) is 11.3 Å². The molecule has 4 heteroatoms. The average molecular weight is 297 g/mol. The van der Waals surface area contributed by atoms with E-state index in [1.165, 1.54) is 4.88 Å². The molecule has 1 aliphatic heterocycles. The molecule has 1 aromatic carbocycles. The summed E-state index contributed by atoms with van der Waals surface area (Å²) >= 11 is 1.68. The third kappa shape index (κ3) is 3.52.